The largest absolute Gasteiger partial charge is 0.268 e. The van der Waals surface area contributed by atoms with Gasteiger partial charge in [-0.2, -0.15) is 0 Å². The third kappa shape index (κ3) is 1.81. The summed E-state index contributed by atoms with van der Waals surface area (Å²) in [5.74, 6) is 0. The van der Waals surface area contributed by atoms with Gasteiger partial charge >= 0.3 is 0 Å². The Morgan fingerprint density at radius 1 is 0.536 bits per heavy atom. The molecule has 6 heteroatoms. The van der Waals surface area contributed by atoms with Crippen molar-refractivity contribution in [2.24, 2.45) is 0 Å². The van der Waals surface area contributed by atoms with E-state index in [0.29, 0.717) is 44.1 Å². The van der Waals surface area contributed by atoms with Gasteiger partial charge in [0, 0.05) is 0 Å². The molecule has 6 aromatic rings. The first-order valence-corrected chi connectivity index (χ1v) is 8.88. The maximum atomic E-state index is 13.3. The molecule has 0 radical (unpaired) electrons. The highest BCUT2D eigenvalue weighted by Crippen LogP contribution is 2.21. The zero-order chi connectivity index (χ0) is 18.8. The number of rotatable bonds is 0. The fourth-order valence-electron chi connectivity index (χ4n) is 3.85. The van der Waals surface area contributed by atoms with Crippen molar-refractivity contribution in [2.75, 3.05) is 0 Å². The number of fused-ring (bicyclic) bond motifs is 8. The quantitative estimate of drug-likeness (QED) is 0.307. The molecule has 0 aliphatic rings. The summed E-state index contributed by atoms with van der Waals surface area (Å²) < 4.78 is 3.10. The first-order chi connectivity index (χ1) is 13.7. The summed E-state index contributed by atoms with van der Waals surface area (Å²) in [6, 6.07) is 21.7. The van der Waals surface area contributed by atoms with Crippen LogP contribution in [0.4, 0.5) is 0 Å². The Bertz CT molecular complexity index is 1590. The molecule has 6 nitrogen and oxygen atoms in total. The molecular formula is C22H12N4O2. The summed E-state index contributed by atoms with van der Waals surface area (Å²) in [5.41, 5.74) is 2.76. The van der Waals surface area contributed by atoms with Gasteiger partial charge in [-0.1, -0.05) is 36.4 Å². The molecule has 0 spiro atoms. The molecule has 0 saturated carbocycles. The summed E-state index contributed by atoms with van der Waals surface area (Å²) >= 11 is 0. The highest BCUT2D eigenvalue weighted by atomic mass is 16.1. The Hall–Kier alpha value is -4.06. The molecule has 0 aliphatic heterocycles. The molecule has 28 heavy (non-hydrogen) atoms. The van der Waals surface area contributed by atoms with Gasteiger partial charge in [0.1, 0.15) is 0 Å². The van der Waals surface area contributed by atoms with Crippen LogP contribution < -0.4 is 11.1 Å². The lowest BCUT2D eigenvalue weighted by Crippen LogP contribution is -2.23. The maximum Gasteiger partial charge on any atom is 0.266 e. The Kier molecular flexibility index (Phi) is 2.81. The van der Waals surface area contributed by atoms with E-state index >= 15 is 0 Å². The minimum Gasteiger partial charge on any atom is -0.268 e. The molecule has 0 saturated heterocycles. The number of hydrogen-bond acceptors (Lipinski definition) is 4. The molecular weight excluding hydrogens is 352 g/mol. The van der Waals surface area contributed by atoms with Gasteiger partial charge in [0.2, 0.25) is 0 Å². The van der Waals surface area contributed by atoms with Crippen LogP contribution in [0.2, 0.25) is 0 Å². The van der Waals surface area contributed by atoms with E-state index in [0.717, 1.165) is 0 Å². The van der Waals surface area contributed by atoms with Crippen molar-refractivity contribution >= 4 is 44.1 Å². The highest BCUT2D eigenvalue weighted by Gasteiger charge is 2.16. The first-order valence-electron chi connectivity index (χ1n) is 8.88. The van der Waals surface area contributed by atoms with Gasteiger partial charge in [0.15, 0.2) is 11.3 Å². The first kappa shape index (κ1) is 15.0. The summed E-state index contributed by atoms with van der Waals surface area (Å²) in [7, 11) is 0. The molecule has 3 aromatic carbocycles. The van der Waals surface area contributed by atoms with Gasteiger partial charge in [0.25, 0.3) is 11.1 Å². The van der Waals surface area contributed by atoms with Gasteiger partial charge in [-0.15, -0.1) is 0 Å². The molecule has 0 bridgehead atoms. The van der Waals surface area contributed by atoms with E-state index in [9.17, 15) is 9.59 Å². The van der Waals surface area contributed by atoms with Crippen LogP contribution in [-0.4, -0.2) is 18.8 Å². The molecule has 132 valence electrons. The van der Waals surface area contributed by atoms with Crippen molar-refractivity contribution in [3.05, 3.63) is 93.5 Å². The van der Waals surface area contributed by atoms with E-state index in [1.807, 2.05) is 48.5 Å². The second-order valence-electron chi connectivity index (χ2n) is 6.67. The Labute approximate surface area is 156 Å². The van der Waals surface area contributed by atoms with Crippen LogP contribution in [0.25, 0.3) is 44.1 Å². The molecule has 0 N–H and O–H groups in total. The lowest BCUT2D eigenvalue weighted by atomic mass is 10.2. The van der Waals surface area contributed by atoms with E-state index in [2.05, 4.69) is 0 Å². The van der Waals surface area contributed by atoms with E-state index in [4.69, 9.17) is 9.97 Å². The predicted molar refractivity (Wildman–Crippen MR) is 109 cm³/mol. The smallest absolute Gasteiger partial charge is 0.266 e. The topological polar surface area (TPSA) is 68.7 Å². The van der Waals surface area contributed by atoms with Crippen molar-refractivity contribution < 1.29 is 0 Å². The van der Waals surface area contributed by atoms with Gasteiger partial charge in [-0.05, 0) is 36.4 Å². The zero-order valence-electron chi connectivity index (χ0n) is 14.5. The Morgan fingerprint density at radius 2 is 0.929 bits per heavy atom. The summed E-state index contributed by atoms with van der Waals surface area (Å²) in [5, 5.41) is 1.05. The van der Waals surface area contributed by atoms with Crippen molar-refractivity contribution in [1.29, 1.82) is 0 Å². The number of nitrogens with zero attached hydrogens (tertiary/aromatic N) is 4. The highest BCUT2D eigenvalue weighted by molar-refractivity contribution is 5.92. The number of hydrogen-bond donors (Lipinski definition) is 0. The molecule has 3 aromatic heterocycles. The second-order valence-corrected chi connectivity index (χ2v) is 6.67. The normalized spacial score (nSPS) is 11.9. The third-order valence-electron chi connectivity index (χ3n) is 5.11. The van der Waals surface area contributed by atoms with Crippen molar-refractivity contribution in [1.82, 2.24) is 18.8 Å². The third-order valence-corrected chi connectivity index (χ3v) is 5.11. The predicted octanol–water partition coefficient (Wildman–Crippen LogP) is 3.16. The van der Waals surface area contributed by atoms with Crippen LogP contribution in [0.5, 0.6) is 0 Å². The van der Waals surface area contributed by atoms with E-state index in [1.54, 1.807) is 33.1 Å². The molecule has 0 unspecified atom stereocenters. The van der Waals surface area contributed by atoms with E-state index < -0.39 is 0 Å². The molecule has 0 atom stereocenters. The Morgan fingerprint density at radius 3 is 1.39 bits per heavy atom. The van der Waals surface area contributed by atoms with Crippen LogP contribution in [0.3, 0.4) is 0 Å². The van der Waals surface area contributed by atoms with Crippen LogP contribution >= 0.6 is 0 Å². The maximum absolute atomic E-state index is 13.3. The van der Waals surface area contributed by atoms with E-state index in [1.165, 1.54) is 0 Å². The van der Waals surface area contributed by atoms with E-state index in [-0.39, 0.29) is 11.1 Å². The van der Waals surface area contributed by atoms with Gasteiger partial charge in [-0.25, -0.2) is 9.97 Å². The molecule has 0 aliphatic carbocycles. The summed E-state index contributed by atoms with van der Waals surface area (Å²) in [4.78, 5) is 36.0. The average Bonchev–Trinajstić information content (AvgIpc) is 2.74. The fraction of sp³-hybridized carbons (Fsp3) is 0. The van der Waals surface area contributed by atoms with Crippen molar-refractivity contribution in [3.8, 4) is 0 Å². The van der Waals surface area contributed by atoms with Gasteiger partial charge in [0.05, 0.1) is 32.8 Å². The van der Waals surface area contributed by atoms with Gasteiger partial charge < -0.3 is 0 Å². The number of para-hydroxylation sites is 4. The summed E-state index contributed by atoms with van der Waals surface area (Å²) in [6.07, 6.45) is 0. The Balaban J connectivity index is 2.07. The van der Waals surface area contributed by atoms with Crippen molar-refractivity contribution in [3.63, 3.8) is 0 Å². The summed E-state index contributed by atoms with van der Waals surface area (Å²) in [6.45, 7) is 0. The zero-order valence-corrected chi connectivity index (χ0v) is 14.5. The number of benzene rings is 3. The lowest BCUT2D eigenvalue weighted by Gasteiger charge is -2.13. The average molecular weight is 364 g/mol. The molecule has 0 fully saturated rings. The molecule has 6 rings (SSSR count). The minimum atomic E-state index is -0.179. The van der Waals surface area contributed by atoms with Crippen LogP contribution in [0, 0.1) is 0 Å². The lowest BCUT2D eigenvalue weighted by molar-refractivity contribution is 1.05. The SMILES string of the molecule is O=c1c2ccccc2nc2c3nc4ccccc4c(=O)n3c3ccccc3n12. The van der Waals surface area contributed by atoms with Crippen LogP contribution in [0.15, 0.2) is 82.4 Å². The second kappa shape index (κ2) is 5.23. The van der Waals surface area contributed by atoms with Crippen LogP contribution in [-0.2, 0) is 0 Å². The number of aromatic nitrogens is 4. The monoisotopic (exact) mass is 364 g/mol. The van der Waals surface area contributed by atoms with Crippen LogP contribution in [0.1, 0.15) is 0 Å². The minimum absolute atomic E-state index is 0.179. The molecule has 3 heterocycles. The fourth-order valence-corrected chi connectivity index (χ4v) is 3.85. The van der Waals surface area contributed by atoms with Crippen molar-refractivity contribution in [2.45, 2.75) is 0 Å². The standard InChI is InChI=1S/C22H12N4O2/c27-21-13-7-1-3-9-15(13)23-19-20-24-16-10-4-2-8-14(16)22(28)26(20)18-12-6-5-11-17(18)25(19)21/h1-12H. The van der Waals surface area contributed by atoms with Gasteiger partial charge in [-0.3, -0.25) is 18.4 Å². The molecule has 0 amide bonds.